The van der Waals surface area contributed by atoms with Crippen molar-refractivity contribution in [3.63, 3.8) is 0 Å². The van der Waals surface area contributed by atoms with Crippen LogP contribution in [-0.2, 0) is 11.2 Å². The van der Waals surface area contributed by atoms with Gasteiger partial charge in [-0.1, -0.05) is 12.5 Å². The first-order valence-corrected chi connectivity index (χ1v) is 8.68. The summed E-state index contributed by atoms with van der Waals surface area (Å²) in [6, 6.07) is 6.08. The van der Waals surface area contributed by atoms with Crippen LogP contribution >= 0.6 is 0 Å². The zero-order chi connectivity index (χ0) is 16.1. The molecule has 1 aromatic carbocycles. The third-order valence-electron chi connectivity index (χ3n) is 5.03. The van der Waals surface area contributed by atoms with Crippen LogP contribution in [0, 0.1) is 0 Å². The maximum absolute atomic E-state index is 6.33. The van der Waals surface area contributed by atoms with E-state index in [0.29, 0.717) is 0 Å². The standard InChI is InChI=1S/C19H27NO3/c1-21-16-8-6-15(14-17(16)22-2)7-9-18-20-13-12-19(23-18)10-4-3-5-11-19/h6,8,14H,3-5,7,9-13H2,1-2H3. The Balaban J connectivity index is 1.61. The number of aryl methyl sites for hydroxylation is 1. The first-order chi connectivity index (χ1) is 11.2. The second-order valence-electron chi connectivity index (χ2n) is 6.56. The molecule has 4 heteroatoms. The highest BCUT2D eigenvalue weighted by Gasteiger charge is 2.36. The fourth-order valence-electron chi connectivity index (χ4n) is 3.68. The molecule has 1 fully saturated rings. The molecule has 4 nitrogen and oxygen atoms in total. The van der Waals surface area contributed by atoms with Gasteiger partial charge in [0.25, 0.3) is 0 Å². The molecule has 0 saturated heterocycles. The van der Waals surface area contributed by atoms with Crippen molar-refractivity contribution >= 4 is 5.90 Å². The molecule has 0 atom stereocenters. The Kier molecular flexibility index (Phi) is 5.09. The molecule has 0 amide bonds. The van der Waals surface area contributed by atoms with Crippen LogP contribution in [0.3, 0.4) is 0 Å². The van der Waals surface area contributed by atoms with Gasteiger partial charge in [0.15, 0.2) is 17.4 Å². The third-order valence-corrected chi connectivity index (χ3v) is 5.03. The predicted octanol–water partition coefficient (Wildman–Crippen LogP) is 4.16. The molecule has 23 heavy (non-hydrogen) atoms. The number of ether oxygens (including phenoxy) is 3. The number of benzene rings is 1. The van der Waals surface area contributed by atoms with Gasteiger partial charge < -0.3 is 14.2 Å². The lowest BCUT2D eigenvalue weighted by atomic mass is 9.81. The highest BCUT2D eigenvalue weighted by molar-refractivity contribution is 5.77. The Labute approximate surface area is 138 Å². The Bertz CT molecular complexity index is 562. The van der Waals surface area contributed by atoms with Crippen molar-refractivity contribution < 1.29 is 14.2 Å². The van der Waals surface area contributed by atoms with E-state index in [-0.39, 0.29) is 5.60 Å². The van der Waals surface area contributed by atoms with Crippen molar-refractivity contribution in [1.82, 2.24) is 0 Å². The van der Waals surface area contributed by atoms with Gasteiger partial charge in [0.05, 0.1) is 14.2 Å². The van der Waals surface area contributed by atoms with Crippen molar-refractivity contribution in [1.29, 1.82) is 0 Å². The van der Waals surface area contributed by atoms with Gasteiger partial charge >= 0.3 is 0 Å². The van der Waals surface area contributed by atoms with E-state index < -0.39 is 0 Å². The molecule has 0 unspecified atom stereocenters. The molecule has 0 aromatic heterocycles. The molecule has 1 aromatic rings. The van der Waals surface area contributed by atoms with E-state index in [1.54, 1.807) is 14.2 Å². The van der Waals surface area contributed by atoms with E-state index in [0.717, 1.165) is 43.2 Å². The van der Waals surface area contributed by atoms with E-state index in [4.69, 9.17) is 14.2 Å². The number of aliphatic imine (C=N–C) groups is 1. The lowest BCUT2D eigenvalue weighted by Crippen LogP contribution is -2.40. The van der Waals surface area contributed by atoms with Gasteiger partial charge in [0.1, 0.15) is 5.60 Å². The van der Waals surface area contributed by atoms with Crippen LogP contribution in [0.4, 0.5) is 0 Å². The Morgan fingerprint density at radius 3 is 2.52 bits per heavy atom. The zero-order valence-corrected chi connectivity index (χ0v) is 14.3. The molecular weight excluding hydrogens is 290 g/mol. The maximum Gasteiger partial charge on any atom is 0.184 e. The number of methoxy groups -OCH3 is 2. The molecule has 1 saturated carbocycles. The minimum atomic E-state index is 0.0902. The SMILES string of the molecule is COc1ccc(CCC2=NCCC3(CCCCC3)O2)cc1OC. The lowest BCUT2D eigenvalue weighted by Gasteiger charge is -2.40. The summed E-state index contributed by atoms with van der Waals surface area (Å²) in [6.07, 6.45) is 9.19. The Morgan fingerprint density at radius 1 is 1.00 bits per heavy atom. The molecule has 0 radical (unpaired) electrons. The summed E-state index contributed by atoms with van der Waals surface area (Å²) in [6.45, 7) is 0.918. The average Bonchev–Trinajstić information content (AvgIpc) is 2.60. The van der Waals surface area contributed by atoms with Crippen LogP contribution in [0.25, 0.3) is 0 Å². The van der Waals surface area contributed by atoms with Crippen LogP contribution in [0.15, 0.2) is 23.2 Å². The summed E-state index contributed by atoms with van der Waals surface area (Å²) in [5.74, 6) is 2.48. The van der Waals surface area contributed by atoms with Crippen molar-refractivity contribution in [2.45, 2.75) is 57.0 Å². The van der Waals surface area contributed by atoms with E-state index in [1.165, 1.54) is 37.7 Å². The number of rotatable bonds is 5. The van der Waals surface area contributed by atoms with Gasteiger partial charge in [-0.2, -0.15) is 0 Å². The van der Waals surface area contributed by atoms with Gasteiger partial charge in [-0.15, -0.1) is 0 Å². The van der Waals surface area contributed by atoms with Crippen molar-refractivity contribution in [2.75, 3.05) is 20.8 Å². The molecule has 1 aliphatic carbocycles. The molecule has 1 aliphatic heterocycles. The number of hydrogen-bond acceptors (Lipinski definition) is 4. The molecule has 3 rings (SSSR count). The van der Waals surface area contributed by atoms with Crippen LogP contribution in [0.5, 0.6) is 11.5 Å². The molecule has 126 valence electrons. The van der Waals surface area contributed by atoms with Crippen molar-refractivity contribution in [3.05, 3.63) is 23.8 Å². The first kappa shape index (κ1) is 16.2. The fraction of sp³-hybridized carbons (Fsp3) is 0.632. The Hall–Kier alpha value is -1.71. The van der Waals surface area contributed by atoms with Crippen LogP contribution < -0.4 is 9.47 Å². The van der Waals surface area contributed by atoms with Gasteiger partial charge in [0, 0.05) is 19.4 Å². The van der Waals surface area contributed by atoms with Gasteiger partial charge in [0.2, 0.25) is 0 Å². The highest BCUT2D eigenvalue weighted by Crippen LogP contribution is 2.37. The smallest absolute Gasteiger partial charge is 0.184 e. The average molecular weight is 317 g/mol. The van der Waals surface area contributed by atoms with Gasteiger partial charge in [-0.05, 0) is 49.8 Å². The Morgan fingerprint density at radius 2 is 1.78 bits per heavy atom. The predicted molar refractivity (Wildman–Crippen MR) is 91.7 cm³/mol. The van der Waals surface area contributed by atoms with Crippen molar-refractivity contribution in [2.24, 2.45) is 4.99 Å². The van der Waals surface area contributed by atoms with Gasteiger partial charge in [-0.25, -0.2) is 0 Å². The summed E-state index contributed by atoms with van der Waals surface area (Å²) in [5.41, 5.74) is 1.31. The summed E-state index contributed by atoms with van der Waals surface area (Å²) >= 11 is 0. The lowest BCUT2D eigenvalue weighted by molar-refractivity contribution is 0.000288. The molecule has 0 N–H and O–H groups in total. The number of hydrogen-bond donors (Lipinski definition) is 0. The second kappa shape index (κ2) is 7.24. The number of nitrogens with zero attached hydrogens (tertiary/aromatic N) is 1. The van der Waals surface area contributed by atoms with Crippen LogP contribution in [0.1, 0.15) is 50.5 Å². The minimum Gasteiger partial charge on any atom is -0.493 e. The fourth-order valence-corrected chi connectivity index (χ4v) is 3.68. The monoisotopic (exact) mass is 317 g/mol. The molecule has 1 heterocycles. The molecular formula is C19H27NO3. The second-order valence-corrected chi connectivity index (χ2v) is 6.56. The van der Waals surface area contributed by atoms with Crippen LogP contribution in [-0.4, -0.2) is 32.3 Å². The van der Waals surface area contributed by atoms with E-state index >= 15 is 0 Å². The van der Waals surface area contributed by atoms with Crippen LogP contribution in [0.2, 0.25) is 0 Å². The molecule has 0 bridgehead atoms. The summed E-state index contributed by atoms with van der Waals surface area (Å²) in [5, 5.41) is 0. The third kappa shape index (κ3) is 3.80. The highest BCUT2D eigenvalue weighted by atomic mass is 16.5. The van der Waals surface area contributed by atoms with E-state index in [9.17, 15) is 0 Å². The summed E-state index contributed by atoms with van der Waals surface area (Å²) < 4.78 is 17.0. The maximum atomic E-state index is 6.33. The largest absolute Gasteiger partial charge is 0.493 e. The topological polar surface area (TPSA) is 40.0 Å². The van der Waals surface area contributed by atoms with E-state index in [2.05, 4.69) is 11.1 Å². The summed E-state index contributed by atoms with van der Waals surface area (Å²) in [7, 11) is 3.33. The van der Waals surface area contributed by atoms with E-state index in [1.807, 2.05) is 12.1 Å². The first-order valence-electron chi connectivity index (χ1n) is 8.68. The van der Waals surface area contributed by atoms with Gasteiger partial charge in [-0.3, -0.25) is 4.99 Å². The summed E-state index contributed by atoms with van der Waals surface area (Å²) in [4.78, 5) is 4.61. The van der Waals surface area contributed by atoms with Crippen molar-refractivity contribution in [3.8, 4) is 11.5 Å². The molecule has 2 aliphatic rings. The zero-order valence-electron chi connectivity index (χ0n) is 14.3. The normalized spacial score (nSPS) is 19.8. The minimum absolute atomic E-state index is 0.0902. The quantitative estimate of drug-likeness (QED) is 0.819. The molecule has 1 spiro atoms.